The second-order valence-electron chi connectivity index (χ2n) is 5.91. The SMILES string of the molecule is CCNc1ccnc(CN(C)C2CCCC(C)C2)c1. The Morgan fingerprint density at radius 3 is 3.00 bits per heavy atom. The molecule has 1 saturated carbocycles. The van der Waals surface area contributed by atoms with Crippen molar-refractivity contribution in [1.82, 2.24) is 9.88 Å². The molecule has 1 N–H and O–H groups in total. The summed E-state index contributed by atoms with van der Waals surface area (Å²) in [5.74, 6) is 0.877. The van der Waals surface area contributed by atoms with Crippen molar-refractivity contribution in [2.24, 2.45) is 5.92 Å². The lowest BCUT2D eigenvalue weighted by molar-refractivity contribution is 0.156. The second kappa shape index (κ2) is 6.90. The normalized spacial score (nSPS) is 23.6. The number of pyridine rings is 1. The van der Waals surface area contributed by atoms with Crippen LogP contribution in [-0.4, -0.2) is 29.5 Å². The molecule has 1 aliphatic carbocycles. The first kappa shape index (κ1) is 14.3. The predicted molar refractivity (Wildman–Crippen MR) is 81.3 cm³/mol. The maximum absolute atomic E-state index is 4.49. The van der Waals surface area contributed by atoms with E-state index in [1.165, 1.54) is 37.1 Å². The van der Waals surface area contributed by atoms with Crippen LogP contribution in [0.2, 0.25) is 0 Å². The molecule has 0 bridgehead atoms. The summed E-state index contributed by atoms with van der Waals surface area (Å²) in [5.41, 5.74) is 2.34. The molecule has 3 nitrogen and oxygen atoms in total. The third-order valence-corrected chi connectivity index (χ3v) is 4.14. The third kappa shape index (κ3) is 4.20. The van der Waals surface area contributed by atoms with Crippen molar-refractivity contribution in [2.45, 2.75) is 52.1 Å². The molecule has 0 aromatic carbocycles. The molecule has 2 unspecified atom stereocenters. The lowest BCUT2D eigenvalue weighted by Gasteiger charge is -2.34. The van der Waals surface area contributed by atoms with Crippen molar-refractivity contribution in [1.29, 1.82) is 0 Å². The summed E-state index contributed by atoms with van der Waals surface area (Å²) in [4.78, 5) is 6.97. The van der Waals surface area contributed by atoms with Crippen molar-refractivity contribution in [2.75, 3.05) is 18.9 Å². The van der Waals surface area contributed by atoms with Crippen LogP contribution in [0, 0.1) is 5.92 Å². The quantitative estimate of drug-likeness (QED) is 0.879. The molecule has 2 atom stereocenters. The minimum absolute atomic E-state index is 0.730. The maximum Gasteiger partial charge on any atom is 0.0564 e. The summed E-state index contributed by atoms with van der Waals surface area (Å²) in [5, 5.41) is 3.35. The topological polar surface area (TPSA) is 28.2 Å². The van der Waals surface area contributed by atoms with Gasteiger partial charge in [-0.1, -0.05) is 19.8 Å². The van der Waals surface area contributed by atoms with E-state index in [0.717, 1.165) is 25.0 Å². The Morgan fingerprint density at radius 1 is 1.42 bits per heavy atom. The van der Waals surface area contributed by atoms with E-state index in [2.05, 4.69) is 42.2 Å². The number of rotatable bonds is 5. The van der Waals surface area contributed by atoms with Gasteiger partial charge < -0.3 is 5.32 Å². The standard InChI is InChI=1S/C16H27N3/c1-4-17-14-8-9-18-15(11-14)12-19(3)16-7-5-6-13(2)10-16/h8-9,11,13,16H,4-7,10,12H2,1-3H3,(H,17,18). The highest BCUT2D eigenvalue weighted by atomic mass is 15.1. The Morgan fingerprint density at radius 2 is 2.26 bits per heavy atom. The molecule has 0 amide bonds. The van der Waals surface area contributed by atoms with Gasteiger partial charge >= 0.3 is 0 Å². The second-order valence-corrected chi connectivity index (χ2v) is 5.91. The molecule has 1 aliphatic rings. The zero-order valence-corrected chi connectivity index (χ0v) is 12.5. The van der Waals surface area contributed by atoms with Gasteiger partial charge in [0.25, 0.3) is 0 Å². The van der Waals surface area contributed by atoms with Crippen LogP contribution < -0.4 is 5.32 Å². The first-order chi connectivity index (χ1) is 9.19. The molecule has 0 spiro atoms. The Hall–Kier alpha value is -1.09. The number of anilines is 1. The van der Waals surface area contributed by atoms with Crippen LogP contribution in [0.15, 0.2) is 18.3 Å². The van der Waals surface area contributed by atoms with E-state index in [1.807, 2.05) is 12.3 Å². The minimum Gasteiger partial charge on any atom is -0.385 e. The molecule has 1 heterocycles. The fraction of sp³-hybridized carbons (Fsp3) is 0.688. The van der Waals surface area contributed by atoms with Crippen molar-refractivity contribution < 1.29 is 0 Å². The molecule has 19 heavy (non-hydrogen) atoms. The first-order valence-corrected chi connectivity index (χ1v) is 7.58. The van der Waals surface area contributed by atoms with Crippen LogP contribution in [0.4, 0.5) is 5.69 Å². The van der Waals surface area contributed by atoms with Crippen molar-refractivity contribution in [3.05, 3.63) is 24.0 Å². The highest BCUT2D eigenvalue weighted by Gasteiger charge is 2.22. The Labute approximate surface area is 117 Å². The Bertz CT molecular complexity index is 391. The molecule has 0 aliphatic heterocycles. The van der Waals surface area contributed by atoms with Gasteiger partial charge in [0.05, 0.1) is 5.69 Å². The number of nitrogens with one attached hydrogen (secondary N) is 1. The van der Waals surface area contributed by atoms with Crippen LogP contribution in [0.3, 0.4) is 0 Å². The number of hydrogen-bond acceptors (Lipinski definition) is 3. The van der Waals surface area contributed by atoms with Gasteiger partial charge in [0.1, 0.15) is 0 Å². The molecular formula is C16H27N3. The van der Waals surface area contributed by atoms with Crippen LogP contribution in [0.5, 0.6) is 0 Å². The lowest BCUT2D eigenvalue weighted by Crippen LogP contribution is -2.35. The van der Waals surface area contributed by atoms with Gasteiger partial charge in [0.15, 0.2) is 0 Å². The van der Waals surface area contributed by atoms with E-state index < -0.39 is 0 Å². The number of hydrogen-bond donors (Lipinski definition) is 1. The largest absolute Gasteiger partial charge is 0.385 e. The zero-order chi connectivity index (χ0) is 13.7. The van der Waals surface area contributed by atoms with Crippen LogP contribution in [0.25, 0.3) is 0 Å². The molecule has 1 aromatic heterocycles. The number of aromatic nitrogens is 1. The van der Waals surface area contributed by atoms with Gasteiger partial charge in [-0.25, -0.2) is 0 Å². The highest BCUT2D eigenvalue weighted by Crippen LogP contribution is 2.27. The Kier molecular flexibility index (Phi) is 5.20. The molecule has 1 fully saturated rings. The summed E-state index contributed by atoms with van der Waals surface area (Å²) >= 11 is 0. The van der Waals surface area contributed by atoms with Gasteiger partial charge in [-0.15, -0.1) is 0 Å². The van der Waals surface area contributed by atoms with Gasteiger partial charge in [-0.3, -0.25) is 9.88 Å². The highest BCUT2D eigenvalue weighted by molar-refractivity contribution is 5.42. The van der Waals surface area contributed by atoms with E-state index in [0.29, 0.717) is 0 Å². The monoisotopic (exact) mass is 261 g/mol. The average molecular weight is 261 g/mol. The van der Waals surface area contributed by atoms with Gasteiger partial charge in [0, 0.05) is 31.0 Å². The Balaban J connectivity index is 1.94. The van der Waals surface area contributed by atoms with Crippen LogP contribution in [-0.2, 0) is 6.54 Å². The molecule has 0 saturated heterocycles. The summed E-state index contributed by atoms with van der Waals surface area (Å²) in [6.45, 7) is 6.41. The van der Waals surface area contributed by atoms with E-state index in [9.17, 15) is 0 Å². The molecule has 0 radical (unpaired) electrons. The van der Waals surface area contributed by atoms with Crippen LogP contribution in [0.1, 0.15) is 45.2 Å². The van der Waals surface area contributed by atoms with E-state index in [-0.39, 0.29) is 0 Å². The smallest absolute Gasteiger partial charge is 0.0564 e. The van der Waals surface area contributed by atoms with E-state index in [4.69, 9.17) is 0 Å². The summed E-state index contributed by atoms with van der Waals surface area (Å²) < 4.78 is 0. The summed E-state index contributed by atoms with van der Waals surface area (Å²) in [6.07, 6.45) is 7.36. The molecule has 106 valence electrons. The van der Waals surface area contributed by atoms with Crippen molar-refractivity contribution in [3.8, 4) is 0 Å². The third-order valence-electron chi connectivity index (χ3n) is 4.14. The van der Waals surface area contributed by atoms with Gasteiger partial charge in [-0.2, -0.15) is 0 Å². The number of nitrogens with zero attached hydrogens (tertiary/aromatic N) is 2. The molecule has 3 heteroatoms. The van der Waals surface area contributed by atoms with Crippen LogP contribution >= 0.6 is 0 Å². The van der Waals surface area contributed by atoms with E-state index in [1.54, 1.807) is 0 Å². The molecule has 1 aromatic rings. The lowest BCUT2D eigenvalue weighted by atomic mass is 9.86. The van der Waals surface area contributed by atoms with Crippen molar-refractivity contribution >= 4 is 5.69 Å². The molecule has 2 rings (SSSR count). The van der Waals surface area contributed by atoms with Gasteiger partial charge in [-0.05, 0) is 44.9 Å². The molecular weight excluding hydrogens is 234 g/mol. The van der Waals surface area contributed by atoms with Gasteiger partial charge in [0.2, 0.25) is 0 Å². The van der Waals surface area contributed by atoms with Crippen molar-refractivity contribution in [3.63, 3.8) is 0 Å². The maximum atomic E-state index is 4.49. The minimum atomic E-state index is 0.730. The predicted octanol–water partition coefficient (Wildman–Crippen LogP) is 3.52. The average Bonchev–Trinajstić information content (AvgIpc) is 2.39. The fourth-order valence-electron chi connectivity index (χ4n) is 3.07. The van der Waals surface area contributed by atoms with E-state index >= 15 is 0 Å². The zero-order valence-electron chi connectivity index (χ0n) is 12.5. The summed E-state index contributed by atoms with van der Waals surface area (Å²) in [6, 6.07) is 4.94. The fourth-order valence-corrected chi connectivity index (χ4v) is 3.07. The first-order valence-electron chi connectivity index (χ1n) is 7.58. The summed E-state index contributed by atoms with van der Waals surface area (Å²) in [7, 11) is 2.24.